The van der Waals surface area contributed by atoms with Crippen molar-refractivity contribution in [1.29, 1.82) is 0 Å². The van der Waals surface area contributed by atoms with Crippen LogP contribution in [0.4, 0.5) is 0 Å². The molecule has 0 saturated heterocycles. The number of benzene rings is 1. The average Bonchev–Trinajstić information content (AvgIpc) is 2.31. The van der Waals surface area contributed by atoms with Crippen LogP contribution in [0.15, 0.2) is 18.2 Å². The highest BCUT2D eigenvalue weighted by atomic mass is 35.5. The van der Waals surface area contributed by atoms with Crippen molar-refractivity contribution in [2.75, 3.05) is 12.3 Å². The van der Waals surface area contributed by atoms with Gasteiger partial charge in [0.2, 0.25) is 5.91 Å². The molecular formula is C13H18Cl2N2OS. The Kier molecular flexibility index (Phi) is 6.47. The average molecular weight is 321 g/mol. The summed E-state index contributed by atoms with van der Waals surface area (Å²) in [6.07, 6.45) is 0. The van der Waals surface area contributed by atoms with Crippen LogP contribution in [0.2, 0.25) is 10.0 Å². The van der Waals surface area contributed by atoms with Crippen LogP contribution in [0.3, 0.4) is 0 Å². The highest BCUT2D eigenvalue weighted by Crippen LogP contribution is 2.24. The van der Waals surface area contributed by atoms with Crippen LogP contribution in [0.25, 0.3) is 0 Å². The van der Waals surface area contributed by atoms with Gasteiger partial charge >= 0.3 is 0 Å². The van der Waals surface area contributed by atoms with Gasteiger partial charge in [0.1, 0.15) is 0 Å². The first kappa shape index (κ1) is 16.6. The molecule has 6 heteroatoms. The molecule has 1 rings (SSSR count). The third-order valence-electron chi connectivity index (χ3n) is 2.49. The number of nitrogens with two attached hydrogens (primary N) is 1. The van der Waals surface area contributed by atoms with Gasteiger partial charge < -0.3 is 11.1 Å². The van der Waals surface area contributed by atoms with E-state index in [0.29, 0.717) is 28.1 Å². The summed E-state index contributed by atoms with van der Waals surface area (Å²) in [5, 5.41) is 4.12. The molecule has 1 aromatic rings. The number of thioether (sulfide) groups is 1. The summed E-state index contributed by atoms with van der Waals surface area (Å²) < 4.78 is 0. The standard InChI is InChI=1S/C13H18Cl2N2OS/c1-13(2,8-16)17-12(18)7-19-6-9-3-4-10(14)5-11(9)15/h3-5H,6-8,16H2,1-2H3,(H,17,18). The van der Waals surface area contributed by atoms with Crippen LogP contribution in [0, 0.1) is 0 Å². The molecule has 0 saturated carbocycles. The van der Waals surface area contributed by atoms with Gasteiger partial charge in [-0.05, 0) is 31.5 Å². The van der Waals surface area contributed by atoms with Gasteiger partial charge in [0.15, 0.2) is 0 Å². The summed E-state index contributed by atoms with van der Waals surface area (Å²) in [6.45, 7) is 4.20. The number of carbonyl (C=O) groups is 1. The third-order valence-corrected chi connectivity index (χ3v) is 4.06. The summed E-state index contributed by atoms with van der Waals surface area (Å²) in [6, 6.07) is 5.37. The first-order valence-electron chi connectivity index (χ1n) is 5.87. The maximum absolute atomic E-state index is 11.7. The van der Waals surface area contributed by atoms with Gasteiger partial charge in [-0.25, -0.2) is 0 Å². The largest absolute Gasteiger partial charge is 0.349 e. The second kappa shape index (κ2) is 7.39. The molecule has 0 radical (unpaired) electrons. The number of hydrogen-bond donors (Lipinski definition) is 2. The molecule has 0 aromatic heterocycles. The van der Waals surface area contributed by atoms with Crippen LogP contribution in [0.1, 0.15) is 19.4 Å². The van der Waals surface area contributed by atoms with Crippen LogP contribution in [-0.2, 0) is 10.5 Å². The van der Waals surface area contributed by atoms with E-state index in [9.17, 15) is 4.79 Å². The van der Waals surface area contributed by atoms with E-state index in [-0.39, 0.29) is 11.4 Å². The first-order valence-corrected chi connectivity index (χ1v) is 7.78. The predicted octanol–water partition coefficient (Wildman–Crippen LogP) is 3.08. The maximum Gasteiger partial charge on any atom is 0.230 e. The SMILES string of the molecule is CC(C)(CN)NC(=O)CSCc1ccc(Cl)cc1Cl. The van der Waals surface area contributed by atoms with Gasteiger partial charge in [-0.2, -0.15) is 0 Å². The van der Waals surface area contributed by atoms with Crippen molar-refractivity contribution in [3.8, 4) is 0 Å². The van der Waals surface area contributed by atoms with Crippen molar-refractivity contribution in [3.05, 3.63) is 33.8 Å². The minimum absolute atomic E-state index is 0.0227. The number of hydrogen-bond acceptors (Lipinski definition) is 3. The van der Waals surface area contributed by atoms with Gasteiger partial charge in [0, 0.05) is 27.9 Å². The third kappa shape index (κ3) is 6.04. The highest BCUT2D eigenvalue weighted by molar-refractivity contribution is 7.99. The molecule has 0 aliphatic carbocycles. The van der Waals surface area contributed by atoms with E-state index < -0.39 is 0 Å². The predicted molar refractivity (Wildman–Crippen MR) is 83.9 cm³/mol. The zero-order chi connectivity index (χ0) is 14.5. The van der Waals surface area contributed by atoms with E-state index in [1.165, 1.54) is 11.8 Å². The Labute approximate surface area is 128 Å². The lowest BCUT2D eigenvalue weighted by Crippen LogP contribution is -2.49. The van der Waals surface area contributed by atoms with E-state index in [1.807, 2.05) is 19.9 Å². The topological polar surface area (TPSA) is 55.1 Å². The Morgan fingerprint density at radius 2 is 2.11 bits per heavy atom. The lowest BCUT2D eigenvalue weighted by atomic mass is 10.1. The number of amides is 1. The lowest BCUT2D eigenvalue weighted by molar-refractivity contribution is -0.120. The number of rotatable bonds is 6. The molecule has 1 aromatic carbocycles. The Hall–Kier alpha value is -0.420. The van der Waals surface area contributed by atoms with Gasteiger partial charge in [0.25, 0.3) is 0 Å². The van der Waals surface area contributed by atoms with Crippen LogP contribution < -0.4 is 11.1 Å². The Bertz CT molecular complexity index is 452. The fourth-order valence-electron chi connectivity index (χ4n) is 1.36. The van der Waals surface area contributed by atoms with Gasteiger partial charge in [-0.1, -0.05) is 29.3 Å². The summed E-state index contributed by atoms with van der Waals surface area (Å²) in [5.41, 5.74) is 6.17. The first-order chi connectivity index (χ1) is 8.84. The van der Waals surface area contributed by atoms with Crippen molar-refractivity contribution in [2.45, 2.75) is 25.1 Å². The fraction of sp³-hybridized carbons (Fsp3) is 0.462. The Morgan fingerprint density at radius 3 is 2.68 bits per heavy atom. The van der Waals surface area contributed by atoms with Gasteiger partial charge in [-0.15, -0.1) is 11.8 Å². The van der Waals surface area contributed by atoms with Crippen LogP contribution >= 0.6 is 35.0 Å². The van der Waals surface area contributed by atoms with E-state index >= 15 is 0 Å². The molecule has 106 valence electrons. The smallest absolute Gasteiger partial charge is 0.230 e. The molecule has 3 nitrogen and oxygen atoms in total. The van der Waals surface area contributed by atoms with Crippen molar-refractivity contribution < 1.29 is 4.79 Å². The molecule has 0 spiro atoms. The molecule has 0 aliphatic rings. The Morgan fingerprint density at radius 1 is 1.42 bits per heavy atom. The highest BCUT2D eigenvalue weighted by Gasteiger charge is 2.17. The van der Waals surface area contributed by atoms with Crippen molar-refractivity contribution in [2.24, 2.45) is 5.73 Å². The molecule has 0 aliphatic heterocycles. The van der Waals surface area contributed by atoms with E-state index in [2.05, 4.69) is 5.32 Å². The van der Waals surface area contributed by atoms with E-state index in [4.69, 9.17) is 28.9 Å². The maximum atomic E-state index is 11.7. The van der Waals surface area contributed by atoms with E-state index in [1.54, 1.807) is 12.1 Å². The molecule has 3 N–H and O–H groups in total. The van der Waals surface area contributed by atoms with Crippen LogP contribution in [0.5, 0.6) is 0 Å². The second-order valence-corrected chi connectivity index (χ2v) is 6.69. The summed E-state index contributed by atoms with van der Waals surface area (Å²) >= 11 is 13.4. The quantitative estimate of drug-likeness (QED) is 0.846. The molecule has 0 atom stereocenters. The molecule has 1 amide bonds. The van der Waals surface area contributed by atoms with E-state index in [0.717, 1.165) is 5.56 Å². The van der Waals surface area contributed by atoms with Crippen LogP contribution in [-0.4, -0.2) is 23.7 Å². The number of halogens is 2. The number of nitrogens with one attached hydrogen (secondary N) is 1. The minimum Gasteiger partial charge on any atom is -0.349 e. The molecule has 19 heavy (non-hydrogen) atoms. The van der Waals surface area contributed by atoms with Crippen molar-refractivity contribution in [3.63, 3.8) is 0 Å². The second-order valence-electron chi connectivity index (χ2n) is 4.86. The van der Waals surface area contributed by atoms with Crippen molar-refractivity contribution in [1.82, 2.24) is 5.32 Å². The molecule has 0 bridgehead atoms. The zero-order valence-electron chi connectivity index (χ0n) is 11.0. The fourth-order valence-corrected chi connectivity index (χ4v) is 2.74. The normalized spacial score (nSPS) is 11.4. The molecule has 0 heterocycles. The summed E-state index contributed by atoms with van der Waals surface area (Å²) in [5.74, 6) is 1.03. The van der Waals surface area contributed by atoms with Gasteiger partial charge in [-0.3, -0.25) is 4.79 Å². The number of carbonyl (C=O) groups excluding carboxylic acids is 1. The lowest BCUT2D eigenvalue weighted by Gasteiger charge is -2.24. The zero-order valence-corrected chi connectivity index (χ0v) is 13.3. The van der Waals surface area contributed by atoms with Gasteiger partial charge in [0.05, 0.1) is 5.75 Å². The monoisotopic (exact) mass is 320 g/mol. The molecular weight excluding hydrogens is 303 g/mol. The van der Waals surface area contributed by atoms with Crippen molar-refractivity contribution >= 4 is 40.9 Å². The molecule has 0 fully saturated rings. The molecule has 0 unspecified atom stereocenters. The Balaban J connectivity index is 2.40. The summed E-state index contributed by atoms with van der Waals surface area (Å²) in [7, 11) is 0. The minimum atomic E-state index is -0.366. The summed E-state index contributed by atoms with van der Waals surface area (Å²) in [4.78, 5) is 11.7.